The van der Waals surface area contributed by atoms with Gasteiger partial charge in [-0.3, -0.25) is 19.6 Å². The number of carbonyl (C=O) groups is 4. The Balaban J connectivity index is 1.92. The molecule has 1 fully saturated rings. The Morgan fingerprint density at radius 3 is 1.67 bits per heavy atom. The van der Waals surface area contributed by atoms with Crippen LogP contribution in [0.25, 0.3) is 11.1 Å². The number of carboxylic acids is 4. The molecule has 0 spiro atoms. The van der Waals surface area contributed by atoms with Crippen molar-refractivity contribution in [1.82, 2.24) is 19.6 Å². The zero-order chi connectivity index (χ0) is 31.4. The van der Waals surface area contributed by atoms with Gasteiger partial charge in [0.15, 0.2) is 0 Å². The first kappa shape index (κ1) is 34.1. The Morgan fingerprint density at radius 1 is 0.628 bits per heavy atom. The van der Waals surface area contributed by atoms with Gasteiger partial charge < -0.3 is 39.6 Å². The van der Waals surface area contributed by atoms with Gasteiger partial charge in [0.2, 0.25) is 0 Å². The average molecular weight is 660 g/mol. The minimum absolute atomic E-state index is 0.135. The van der Waals surface area contributed by atoms with Crippen LogP contribution in [0.1, 0.15) is 11.1 Å². The number of carboxylic acid groups (broad SMARTS) is 4. The number of alkyl halides is 1. The molecular formula is C30H35BrN4O8-4. The third kappa shape index (κ3) is 12.0. The summed E-state index contributed by atoms with van der Waals surface area (Å²) >= 11 is 3.47. The minimum atomic E-state index is -1.32. The second kappa shape index (κ2) is 17.1. The first-order valence-electron chi connectivity index (χ1n) is 14.0. The number of hydrogen-bond donors (Lipinski definition) is 0. The van der Waals surface area contributed by atoms with E-state index in [1.54, 1.807) is 19.6 Å². The van der Waals surface area contributed by atoms with E-state index in [2.05, 4.69) is 22.0 Å². The zero-order valence-corrected chi connectivity index (χ0v) is 25.4. The van der Waals surface area contributed by atoms with E-state index < -0.39 is 56.1 Å². The third-order valence-electron chi connectivity index (χ3n) is 7.38. The fraction of sp³-hybridized carbons (Fsp3) is 0.467. The quantitative estimate of drug-likeness (QED) is 0.205. The fourth-order valence-corrected chi connectivity index (χ4v) is 5.61. The molecule has 43 heavy (non-hydrogen) atoms. The number of aliphatic carboxylic acids is 4. The molecule has 0 aromatic heterocycles. The summed E-state index contributed by atoms with van der Waals surface area (Å²) < 4.78 is 0. The highest BCUT2D eigenvalue weighted by Crippen LogP contribution is 2.23. The molecule has 1 unspecified atom stereocenters. The molecule has 0 N–H and O–H groups in total. The van der Waals surface area contributed by atoms with E-state index in [-0.39, 0.29) is 45.8 Å². The van der Waals surface area contributed by atoms with Crippen molar-refractivity contribution in [3.05, 3.63) is 59.7 Å². The molecule has 13 heteroatoms. The smallest absolute Gasteiger partial charge is 0.0555 e. The third-order valence-corrected chi connectivity index (χ3v) is 8.03. The molecule has 1 heterocycles. The molecule has 0 radical (unpaired) electrons. The molecular weight excluding hydrogens is 624 g/mol. The van der Waals surface area contributed by atoms with Gasteiger partial charge in [-0.25, -0.2) is 0 Å². The fourth-order valence-electron chi connectivity index (χ4n) is 5.26. The van der Waals surface area contributed by atoms with Crippen molar-refractivity contribution in [2.24, 2.45) is 0 Å². The summed E-state index contributed by atoms with van der Waals surface area (Å²) in [5.74, 6) is -5.27. The Morgan fingerprint density at radius 2 is 1.14 bits per heavy atom. The summed E-state index contributed by atoms with van der Waals surface area (Å²) in [7, 11) is 0. The van der Waals surface area contributed by atoms with Crippen molar-refractivity contribution in [2.45, 2.75) is 17.8 Å². The van der Waals surface area contributed by atoms with E-state index in [0.717, 1.165) is 27.6 Å². The van der Waals surface area contributed by atoms with Gasteiger partial charge in [0.1, 0.15) is 0 Å². The van der Waals surface area contributed by atoms with Gasteiger partial charge in [-0.05, 0) is 28.7 Å². The number of nitrogens with zero attached hydrogens (tertiary/aromatic N) is 4. The van der Waals surface area contributed by atoms with Crippen molar-refractivity contribution < 1.29 is 39.6 Å². The van der Waals surface area contributed by atoms with Gasteiger partial charge in [-0.1, -0.05) is 64.5 Å². The van der Waals surface area contributed by atoms with Gasteiger partial charge in [0, 0.05) is 83.4 Å². The molecule has 1 aliphatic heterocycles. The lowest BCUT2D eigenvalue weighted by atomic mass is 9.98. The monoisotopic (exact) mass is 658 g/mol. The maximum absolute atomic E-state index is 11.8. The first-order chi connectivity index (χ1) is 20.5. The van der Waals surface area contributed by atoms with Gasteiger partial charge in [0.05, 0.1) is 23.9 Å². The highest BCUT2D eigenvalue weighted by Gasteiger charge is 2.25. The molecule has 12 nitrogen and oxygen atoms in total. The lowest BCUT2D eigenvalue weighted by molar-refractivity contribution is -0.309. The average Bonchev–Trinajstić information content (AvgIpc) is 2.94. The SMILES string of the molecule is O=C([O-])CN1CCN(CC(=O)[O-])CCN(CC(=O)[O-])C(Cc2ccc(-c3cccc(CBr)c3)cc2)CN(CC(=O)[O-])CC1. The van der Waals surface area contributed by atoms with E-state index in [1.807, 2.05) is 42.5 Å². The molecule has 0 amide bonds. The number of carbonyl (C=O) groups excluding carboxylic acids is 4. The van der Waals surface area contributed by atoms with Crippen LogP contribution in [0.15, 0.2) is 48.5 Å². The maximum Gasteiger partial charge on any atom is 0.0555 e. The molecule has 2 aromatic rings. The Hall–Kier alpha value is -3.36. The zero-order valence-electron chi connectivity index (χ0n) is 23.8. The normalized spacial score (nSPS) is 18.4. The van der Waals surface area contributed by atoms with E-state index in [9.17, 15) is 39.6 Å². The molecule has 2 aromatic carbocycles. The summed E-state index contributed by atoms with van der Waals surface area (Å²) in [6.45, 7) is -0.625. The summed E-state index contributed by atoms with van der Waals surface area (Å²) in [5, 5.41) is 46.9. The van der Waals surface area contributed by atoms with E-state index >= 15 is 0 Å². The standard InChI is InChI=1S/C30H39BrN4O8/c31-16-23-2-1-3-25(14-23)24-6-4-22(5-7-24)15-26-17-34(20-29(40)41)11-10-32(18-27(36)37)8-9-33(19-28(38)39)12-13-35(26)21-30(42)43/h1-7,14,26H,8-13,15-21H2,(H,36,37)(H,38,39)(H,40,41)(H,42,43)/p-4. The molecule has 234 valence electrons. The largest absolute Gasteiger partial charge is 0.549 e. The predicted octanol–water partition coefficient (Wildman–Crippen LogP) is -3.62. The van der Waals surface area contributed by atoms with Crippen LogP contribution in [0, 0.1) is 0 Å². The van der Waals surface area contributed by atoms with Crippen LogP contribution in [0.3, 0.4) is 0 Å². The van der Waals surface area contributed by atoms with Crippen molar-refractivity contribution in [2.75, 3.05) is 72.0 Å². The van der Waals surface area contributed by atoms with Gasteiger partial charge in [-0.15, -0.1) is 0 Å². The van der Waals surface area contributed by atoms with Crippen molar-refractivity contribution in [1.29, 1.82) is 0 Å². The second-order valence-electron chi connectivity index (χ2n) is 10.6. The van der Waals surface area contributed by atoms with Crippen LogP contribution in [0.4, 0.5) is 0 Å². The summed E-state index contributed by atoms with van der Waals surface area (Å²) in [4.78, 5) is 52.6. The highest BCUT2D eigenvalue weighted by atomic mass is 79.9. The number of halogens is 1. The van der Waals surface area contributed by atoms with Crippen molar-refractivity contribution in [3.8, 4) is 11.1 Å². The van der Waals surface area contributed by atoms with Crippen LogP contribution in [0.2, 0.25) is 0 Å². The van der Waals surface area contributed by atoms with E-state index in [0.29, 0.717) is 6.42 Å². The summed E-state index contributed by atoms with van der Waals surface area (Å²) in [6, 6.07) is 15.4. The van der Waals surface area contributed by atoms with Crippen molar-refractivity contribution >= 4 is 39.8 Å². The lowest BCUT2D eigenvalue weighted by Crippen LogP contribution is -2.55. The molecule has 0 aliphatic carbocycles. The van der Waals surface area contributed by atoms with E-state index in [1.165, 1.54) is 0 Å². The van der Waals surface area contributed by atoms with Crippen LogP contribution >= 0.6 is 15.9 Å². The second-order valence-corrected chi connectivity index (χ2v) is 11.2. The Bertz CT molecular complexity index is 1240. The lowest BCUT2D eigenvalue weighted by Gasteiger charge is -2.39. The van der Waals surface area contributed by atoms with Crippen LogP contribution in [-0.2, 0) is 30.9 Å². The first-order valence-corrected chi connectivity index (χ1v) is 15.1. The van der Waals surface area contributed by atoms with Gasteiger partial charge >= 0.3 is 0 Å². The molecule has 1 atom stereocenters. The van der Waals surface area contributed by atoms with Crippen LogP contribution in [0.5, 0.6) is 0 Å². The molecule has 1 aliphatic rings. The van der Waals surface area contributed by atoms with Gasteiger partial charge in [-0.2, -0.15) is 0 Å². The Labute approximate surface area is 259 Å². The maximum atomic E-state index is 11.8. The minimum Gasteiger partial charge on any atom is -0.549 e. The molecule has 1 saturated heterocycles. The Kier molecular flexibility index (Phi) is 13.5. The molecule has 3 rings (SSSR count). The van der Waals surface area contributed by atoms with Crippen LogP contribution < -0.4 is 20.4 Å². The predicted molar refractivity (Wildman–Crippen MR) is 153 cm³/mol. The molecule has 0 bridgehead atoms. The number of rotatable bonds is 12. The summed E-state index contributed by atoms with van der Waals surface area (Å²) in [6.07, 6.45) is 0.363. The van der Waals surface area contributed by atoms with E-state index in [4.69, 9.17) is 0 Å². The number of hydrogen-bond acceptors (Lipinski definition) is 12. The van der Waals surface area contributed by atoms with Crippen molar-refractivity contribution in [3.63, 3.8) is 0 Å². The topological polar surface area (TPSA) is 173 Å². The number of benzene rings is 2. The highest BCUT2D eigenvalue weighted by molar-refractivity contribution is 9.08. The van der Waals surface area contributed by atoms with Gasteiger partial charge in [0.25, 0.3) is 0 Å². The molecule has 0 saturated carbocycles. The van der Waals surface area contributed by atoms with Crippen LogP contribution in [-0.4, -0.2) is 122 Å². The summed E-state index contributed by atoms with van der Waals surface area (Å²) in [5.41, 5.74) is 4.06.